The van der Waals surface area contributed by atoms with Crippen molar-refractivity contribution in [1.29, 1.82) is 0 Å². The van der Waals surface area contributed by atoms with Crippen molar-refractivity contribution in [3.8, 4) is 0 Å². The molecule has 0 aliphatic heterocycles. The zero-order valence-corrected chi connectivity index (χ0v) is 52.3. The molecule has 0 aromatic rings. The molecule has 0 N–H and O–H groups in total. The topological polar surface area (TPSA) is 78.9 Å². The Bertz CT molecular complexity index is 1650. The first-order chi connectivity index (χ1) is 39.5. The van der Waals surface area contributed by atoms with Crippen LogP contribution in [0.15, 0.2) is 122 Å². The van der Waals surface area contributed by atoms with Gasteiger partial charge in [-0.2, -0.15) is 0 Å². The first-order valence-corrected chi connectivity index (χ1v) is 33.5. The van der Waals surface area contributed by atoms with Gasteiger partial charge in [-0.05, 0) is 116 Å². The summed E-state index contributed by atoms with van der Waals surface area (Å²) in [7, 11) is 0. The quantitative estimate of drug-likeness (QED) is 0.0261. The van der Waals surface area contributed by atoms with Crippen molar-refractivity contribution < 1.29 is 28.6 Å². The van der Waals surface area contributed by atoms with Gasteiger partial charge in [0.25, 0.3) is 0 Å². The first-order valence-electron chi connectivity index (χ1n) is 33.5. The number of carbonyl (C=O) groups excluding carboxylic acids is 3. The number of ether oxygens (including phenoxy) is 3. The van der Waals surface area contributed by atoms with E-state index in [2.05, 4.69) is 142 Å². The molecule has 0 aliphatic carbocycles. The Morgan fingerprint density at radius 2 is 0.487 bits per heavy atom. The van der Waals surface area contributed by atoms with Crippen LogP contribution < -0.4 is 0 Å². The number of carbonyl (C=O) groups is 3. The van der Waals surface area contributed by atoms with Crippen molar-refractivity contribution in [1.82, 2.24) is 0 Å². The third kappa shape index (κ3) is 64.6. The van der Waals surface area contributed by atoms with Crippen LogP contribution in [0.3, 0.4) is 0 Å². The van der Waals surface area contributed by atoms with Gasteiger partial charge in [-0.25, -0.2) is 0 Å². The van der Waals surface area contributed by atoms with Crippen LogP contribution in [0.2, 0.25) is 0 Å². The molecule has 6 heteroatoms. The van der Waals surface area contributed by atoms with Gasteiger partial charge in [0.1, 0.15) is 13.2 Å². The maximum absolute atomic E-state index is 12.9. The Hall–Kier alpha value is -4.19. The Morgan fingerprint density at radius 1 is 0.263 bits per heavy atom. The minimum absolute atomic E-state index is 0.0918. The van der Waals surface area contributed by atoms with E-state index in [9.17, 15) is 14.4 Å². The van der Waals surface area contributed by atoms with Gasteiger partial charge in [-0.15, -0.1) is 0 Å². The molecule has 80 heavy (non-hydrogen) atoms. The lowest BCUT2D eigenvalue weighted by atomic mass is 10.0. The molecule has 0 bridgehead atoms. The van der Waals surface area contributed by atoms with Crippen LogP contribution in [0.25, 0.3) is 0 Å². The van der Waals surface area contributed by atoms with Crippen LogP contribution in [-0.4, -0.2) is 37.2 Å². The van der Waals surface area contributed by atoms with E-state index < -0.39 is 6.10 Å². The highest BCUT2D eigenvalue weighted by Crippen LogP contribution is 2.16. The highest BCUT2D eigenvalue weighted by Gasteiger charge is 2.19. The fraction of sp³-hybridized carbons (Fsp3) is 0.689. The molecular formula is C74H124O6. The number of rotatable bonds is 60. The van der Waals surface area contributed by atoms with Crippen molar-refractivity contribution in [3.05, 3.63) is 122 Å². The second kappa shape index (κ2) is 67.3. The minimum Gasteiger partial charge on any atom is -0.462 e. The smallest absolute Gasteiger partial charge is 0.306 e. The Balaban J connectivity index is 4.25. The Morgan fingerprint density at radius 3 is 0.787 bits per heavy atom. The van der Waals surface area contributed by atoms with E-state index in [1.165, 1.54) is 154 Å². The molecule has 0 aromatic carbocycles. The summed E-state index contributed by atoms with van der Waals surface area (Å²) >= 11 is 0. The zero-order valence-electron chi connectivity index (χ0n) is 52.3. The van der Waals surface area contributed by atoms with Crippen molar-refractivity contribution in [2.45, 2.75) is 316 Å². The van der Waals surface area contributed by atoms with Crippen LogP contribution in [0.5, 0.6) is 0 Å². The van der Waals surface area contributed by atoms with Gasteiger partial charge in [0.05, 0.1) is 0 Å². The van der Waals surface area contributed by atoms with Crippen LogP contribution in [-0.2, 0) is 28.6 Å². The molecule has 0 spiro atoms. The third-order valence-corrected chi connectivity index (χ3v) is 14.2. The van der Waals surface area contributed by atoms with Gasteiger partial charge in [0.2, 0.25) is 0 Å². The average Bonchev–Trinajstić information content (AvgIpc) is 3.46. The van der Waals surface area contributed by atoms with E-state index in [1.807, 2.05) is 0 Å². The van der Waals surface area contributed by atoms with Crippen molar-refractivity contribution >= 4 is 17.9 Å². The monoisotopic (exact) mass is 1110 g/mol. The molecule has 1 unspecified atom stereocenters. The molecule has 0 fully saturated rings. The number of allylic oxidation sites excluding steroid dienone is 20. The number of esters is 3. The molecule has 0 radical (unpaired) electrons. The fourth-order valence-corrected chi connectivity index (χ4v) is 9.20. The van der Waals surface area contributed by atoms with E-state index in [0.29, 0.717) is 19.3 Å². The number of hydrogen-bond donors (Lipinski definition) is 0. The van der Waals surface area contributed by atoms with Gasteiger partial charge in [0, 0.05) is 19.3 Å². The summed E-state index contributed by atoms with van der Waals surface area (Å²) in [5.41, 5.74) is 0. The third-order valence-electron chi connectivity index (χ3n) is 14.2. The second-order valence-electron chi connectivity index (χ2n) is 22.0. The maximum Gasteiger partial charge on any atom is 0.306 e. The number of unbranched alkanes of at least 4 members (excludes halogenated alkanes) is 29. The Kier molecular flexibility index (Phi) is 63.8. The Labute approximate surface area is 494 Å². The molecule has 0 rings (SSSR count). The molecule has 6 nitrogen and oxygen atoms in total. The summed E-state index contributed by atoms with van der Waals surface area (Å²) in [5, 5.41) is 0. The SMILES string of the molecule is CC/C=C\C/C=C\C/C=C\C/C=C\C/C=C\C/C=C\C/C=C\C/C=C\CCCCC(=O)OCC(COC(=O)CCCCCCCCCC)OC(=O)CCCCCCCCCCCCCCCCC/C=C\C/C=C\CCCCCCC. The van der Waals surface area contributed by atoms with Crippen LogP contribution in [0, 0.1) is 0 Å². The standard InChI is InChI=1S/C74H124O6/c1-4-7-10-13-16-19-21-23-25-27-29-31-33-35-37-39-41-43-45-47-49-51-53-55-58-61-64-67-73(76)79-70-71(69-78-72(75)66-63-60-57-18-15-12-9-6-3)80-74(77)68-65-62-59-56-54-52-50-48-46-44-42-40-38-36-34-32-30-28-26-24-22-20-17-14-11-8-5-2/h7,10,16,19,22-25,28-31,35,37,41,43,47,49,53,55,71H,4-6,8-9,11-15,17-18,20-21,26-27,32-34,36,38-40,42,44-46,48,50-52,54,56-70H2,1-3H3/b10-7-,19-16-,24-22-,25-23-,30-28-,31-29-,37-35-,43-41-,49-47-,55-53-. The predicted octanol–water partition coefficient (Wildman–Crippen LogP) is 23.2. The summed E-state index contributed by atoms with van der Waals surface area (Å²) in [5.74, 6) is -0.936. The summed E-state index contributed by atoms with van der Waals surface area (Å²) in [6.07, 6.45) is 93.8. The fourth-order valence-electron chi connectivity index (χ4n) is 9.20. The van der Waals surface area contributed by atoms with E-state index in [0.717, 1.165) is 116 Å². The van der Waals surface area contributed by atoms with E-state index >= 15 is 0 Å². The molecule has 0 aromatic heterocycles. The lowest BCUT2D eigenvalue weighted by Gasteiger charge is -2.18. The van der Waals surface area contributed by atoms with Gasteiger partial charge < -0.3 is 14.2 Å². The van der Waals surface area contributed by atoms with Crippen molar-refractivity contribution in [3.63, 3.8) is 0 Å². The summed E-state index contributed by atoms with van der Waals surface area (Å²) in [6, 6.07) is 0. The van der Waals surface area contributed by atoms with E-state index in [4.69, 9.17) is 14.2 Å². The van der Waals surface area contributed by atoms with Crippen LogP contribution in [0.4, 0.5) is 0 Å². The lowest BCUT2D eigenvalue weighted by Crippen LogP contribution is -2.30. The van der Waals surface area contributed by atoms with Crippen molar-refractivity contribution in [2.24, 2.45) is 0 Å². The van der Waals surface area contributed by atoms with E-state index in [1.54, 1.807) is 0 Å². The molecule has 0 aliphatic rings. The van der Waals surface area contributed by atoms with Gasteiger partial charge in [0.15, 0.2) is 6.10 Å². The molecule has 0 saturated heterocycles. The normalized spacial score (nSPS) is 12.9. The predicted molar refractivity (Wildman–Crippen MR) is 348 cm³/mol. The molecule has 0 heterocycles. The zero-order chi connectivity index (χ0) is 57.8. The van der Waals surface area contributed by atoms with Crippen molar-refractivity contribution in [2.75, 3.05) is 13.2 Å². The maximum atomic E-state index is 12.9. The summed E-state index contributed by atoms with van der Waals surface area (Å²) < 4.78 is 16.8. The lowest BCUT2D eigenvalue weighted by molar-refractivity contribution is -0.167. The summed E-state index contributed by atoms with van der Waals surface area (Å²) in [6.45, 7) is 6.47. The van der Waals surface area contributed by atoms with E-state index in [-0.39, 0.29) is 31.1 Å². The molecule has 0 amide bonds. The molecule has 456 valence electrons. The van der Waals surface area contributed by atoms with Crippen LogP contribution >= 0.6 is 0 Å². The average molecular weight is 1110 g/mol. The molecule has 0 saturated carbocycles. The van der Waals surface area contributed by atoms with Crippen LogP contribution in [0.1, 0.15) is 310 Å². The van der Waals surface area contributed by atoms with Gasteiger partial charge >= 0.3 is 17.9 Å². The van der Waals surface area contributed by atoms with Gasteiger partial charge in [-0.1, -0.05) is 296 Å². The van der Waals surface area contributed by atoms with Gasteiger partial charge in [-0.3, -0.25) is 14.4 Å². The second-order valence-corrected chi connectivity index (χ2v) is 22.0. The molecular weight excluding hydrogens is 985 g/mol. The first kappa shape index (κ1) is 75.8. The summed E-state index contributed by atoms with van der Waals surface area (Å²) in [4.78, 5) is 38.2. The minimum atomic E-state index is -0.797. The highest BCUT2D eigenvalue weighted by molar-refractivity contribution is 5.71. The largest absolute Gasteiger partial charge is 0.462 e. The number of hydrogen-bond acceptors (Lipinski definition) is 6. The highest BCUT2D eigenvalue weighted by atomic mass is 16.6. The molecule has 1 atom stereocenters.